The smallest absolute Gasteiger partial charge is 0.339 e. The van der Waals surface area contributed by atoms with Crippen LogP contribution in [0.15, 0.2) is 76.7 Å². The molecule has 2 N–H and O–H groups in total. The van der Waals surface area contributed by atoms with Crippen molar-refractivity contribution in [2.24, 2.45) is 5.10 Å². The molecule has 0 bridgehead atoms. The normalized spacial score (nSPS) is 11.3. The van der Waals surface area contributed by atoms with Gasteiger partial charge < -0.3 is 14.0 Å². The first-order chi connectivity index (χ1) is 14.8. The van der Waals surface area contributed by atoms with Crippen LogP contribution in [-0.2, 0) is 10.1 Å². The minimum absolute atomic E-state index is 0.0216. The molecule has 0 atom stereocenters. The van der Waals surface area contributed by atoms with Crippen molar-refractivity contribution >= 4 is 22.2 Å². The van der Waals surface area contributed by atoms with E-state index in [-0.39, 0.29) is 22.1 Å². The number of phenolic OH excluding ortho intramolecular Hbond substituents is 1. The quantitative estimate of drug-likeness (QED) is 0.331. The van der Waals surface area contributed by atoms with Gasteiger partial charge in [0.25, 0.3) is 5.91 Å². The van der Waals surface area contributed by atoms with Crippen molar-refractivity contribution in [3.63, 3.8) is 0 Å². The zero-order chi connectivity index (χ0) is 22.4. The van der Waals surface area contributed by atoms with E-state index in [2.05, 4.69) is 10.5 Å². The van der Waals surface area contributed by atoms with Crippen LogP contribution in [0.3, 0.4) is 0 Å². The van der Waals surface area contributed by atoms with Gasteiger partial charge in [0.1, 0.15) is 10.6 Å². The van der Waals surface area contributed by atoms with Crippen molar-refractivity contribution in [3.8, 4) is 17.2 Å². The Hall–Kier alpha value is -3.85. The van der Waals surface area contributed by atoms with Gasteiger partial charge in [-0.25, -0.2) is 5.43 Å². The molecule has 31 heavy (non-hydrogen) atoms. The van der Waals surface area contributed by atoms with Gasteiger partial charge in [0, 0.05) is 5.56 Å². The fourth-order valence-electron chi connectivity index (χ4n) is 2.55. The number of nitrogens with one attached hydrogen (secondary N) is 1. The predicted octanol–water partition coefficient (Wildman–Crippen LogP) is 3.24. The molecule has 9 heteroatoms. The fraction of sp³-hybridized carbons (Fsp3) is 0.0909. The Bertz CT molecular complexity index is 1200. The number of hydrazone groups is 1. The van der Waals surface area contributed by atoms with E-state index in [1.807, 2.05) is 6.92 Å². The van der Waals surface area contributed by atoms with Gasteiger partial charge in [0.15, 0.2) is 11.5 Å². The second kappa shape index (κ2) is 9.31. The molecule has 0 unspecified atom stereocenters. The summed E-state index contributed by atoms with van der Waals surface area (Å²) in [5, 5.41) is 13.1. The number of hydrogen-bond acceptors (Lipinski definition) is 7. The van der Waals surface area contributed by atoms with Crippen LogP contribution in [-0.4, -0.2) is 32.8 Å². The largest absolute Gasteiger partial charge is 0.508 e. The third-order valence-electron chi connectivity index (χ3n) is 4.21. The Labute approximate surface area is 179 Å². The van der Waals surface area contributed by atoms with Gasteiger partial charge in [0.2, 0.25) is 0 Å². The highest BCUT2D eigenvalue weighted by Gasteiger charge is 2.19. The van der Waals surface area contributed by atoms with Crippen LogP contribution in [0.2, 0.25) is 0 Å². The van der Waals surface area contributed by atoms with Crippen LogP contribution in [0.5, 0.6) is 17.2 Å². The molecular weight excluding hydrogens is 420 g/mol. The molecule has 0 aliphatic rings. The highest BCUT2D eigenvalue weighted by molar-refractivity contribution is 7.87. The summed E-state index contributed by atoms with van der Waals surface area (Å²) < 4.78 is 35.5. The number of amides is 1. The molecule has 0 radical (unpaired) electrons. The molecule has 8 nitrogen and oxygen atoms in total. The summed E-state index contributed by atoms with van der Waals surface area (Å²) in [6.07, 6.45) is 1.37. The molecule has 3 aromatic rings. The van der Waals surface area contributed by atoms with Crippen molar-refractivity contribution in [2.75, 3.05) is 7.11 Å². The van der Waals surface area contributed by atoms with E-state index in [4.69, 9.17) is 8.92 Å². The first-order valence-corrected chi connectivity index (χ1v) is 10.5. The van der Waals surface area contributed by atoms with E-state index in [9.17, 15) is 18.3 Å². The van der Waals surface area contributed by atoms with Crippen molar-refractivity contribution < 1.29 is 27.2 Å². The van der Waals surface area contributed by atoms with Crippen LogP contribution >= 0.6 is 0 Å². The van der Waals surface area contributed by atoms with Crippen LogP contribution in [0, 0.1) is 6.92 Å². The maximum Gasteiger partial charge on any atom is 0.339 e. The molecule has 0 saturated carbocycles. The number of benzene rings is 3. The molecule has 0 fully saturated rings. The van der Waals surface area contributed by atoms with Gasteiger partial charge in [-0.05, 0) is 67.1 Å². The van der Waals surface area contributed by atoms with E-state index in [0.29, 0.717) is 11.1 Å². The average Bonchev–Trinajstić information content (AvgIpc) is 2.75. The topological polar surface area (TPSA) is 114 Å². The number of hydrogen-bond donors (Lipinski definition) is 2. The lowest BCUT2D eigenvalue weighted by Gasteiger charge is -2.11. The third-order valence-corrected chi connectivity index (χ3v) is 5.45. The Morgan fingerprint density at radius 2 is 1.68 bits per heavy atom. The maximum absolute atomic E-state index is 12.5. The van der Waals surface area contributed by atoms with Crippen LogP contribution < -0.4 is 14.3 Å². The summed E-state index contributed by atoms with van der Waals surface area (Å²) in [5.41, 5.74) is 4.17. The summed E-state index contributed by atoms with van der Waals surface area (Å²) in [5.74, 6) is -0.191. The Morgan fingerprint density at radius 3 is 2.32 bits per heavy atom. The Balaban J connectivity index is 1.72. The van der Waals surface area contributed by atoms with Crippen molar-refractivity contribution in [3.05, 3.63) is 83.4 Å². The highest BCUT2D eigenvalue weighted by atomic mass is 32.2. The van der Waals surface area contributed by atoms with E-state index < -0.39 is 16.0 Å². The van der Waals surface area contributed by atoms with E-state index in [1.54, 1.807) is 18.2 Å². The summed E-state index contributed by atoms with van der Waals surface area (Å²) in [6, 6.07) is 16.5. The van der Waals surface area contributed by atoms with Gasteiger partial charge in [0.05, 0.1) is 13.3 Å². The second-order valence-corrected chi connectivity index (χ2v) is 8.05. The summed E-state index contributed by atoms with van der Waals surface area (Å²) in [7, 11) is -2.64. The number of nitrogens with zero attached hydrogens (tertiary/aromatic N) is 1. The highest BCUT2D eigenvalue weighted by Crippen LogP contribution is 2.30. The summed E-state index contributed by atoms with van der Waals surface area (Å²) in [4.78, 5) is 12.0. The lowest BCUT2D eigenvalue weighted by Crippen LogP contribution is -2.17. The van der Waals surface area contributed by atoms with Crippen molar-refractivity contribution in [2.45, 2.75) is 11.8 Å². The Morgan fingerprint density at radius 1 is 1.00 bits per heavy atom. The SMILES string of the molecule is COc1cc(C=NNC(=O)c2ccc(O)cc2)ccc1OS(=O)(=O)c1ccc(C)cc1. The van der Waals surface area contributed by atoms with Gasteiger partial charge >= 0.3 is 10.1 Å². The molecule has 160 valence electrons. The standard InChI is InChI=1S/C22H20N2O6S/c1-15-3-10-19(11-4-15)31(27,28)30-20-12-5-16(13-21(20)29-2)14-23-24-22(26)17-6-8-18(25)9-7-17/h3-14,25H,1-2H3,(H,24,26). The summed E-state index contributed by atoms with van der Waals surface area (Å²) in [6.45, 7) is 1.85. The van der Waals surface area contributed by atoms with Gasteiger partial charge in [-0.1, -0.05) is 17.7 Å². The number of carbonyl (C=O) groups excluding carboxylic acids is 1. The van der Waals surface area contributed by atoms with Crippen molar-refractivity contribution in [1.29, 1.82) is 0 Å². The summed E-state index contributed by atoms with van der Waals surface area (Å²) >= 11 is 0. The van der Waals surface area contributed by atoms with Gasteiger partial charge in [-0.2, -0.15) is 13.5 Å². The minimum Gasteiger partial charge on any atom is -0.508 e. The minimum atomic E-state index is -4.03. The number of rotatable bonds is 7. The zero-order valence-electron chi connectivity index (χ0n) is 16.8. The second-order valence-electron chi connectivity index (χ2n) is 6.51. The number of ether oxygens (including phenoxy) is 1. The molecule has 0 spiro atoms. The molecule has 0 aliphatic carbocycles. The van der Waals surface area contributed by atoms with Crippen LogP contribution in [0.1, 0.15) is 21.5 Å². The Kier molecular flexibility index (Phi) is 6.56. The number of aryl methyl sites for hydroxylation is 1. The lowest BCUT2D eigenvalue weighted by molar-refractivity contribution is 0.0955. The zero-order valence-corrected chi connectivity index (χ0v) is 17.6. The first-order valence-electron chi connectivity index (χ1n) is 9.10. The van der Waals surface area contributed by atoms with E-state index in [0.717, 1.165) is 5.56 Å². The fourth-order valence-corrected chi connectivity index (χ4v) is 3.49. The number of carbonyl (C=O) groups is 1. The van der Waals surface area contributed by atoms with Crippen LogP contribution in [0.4, 0.5) is 0 Å². The average molecular weight is 440 g/mol. The van der Waals surface area contributed by atoms with Gasteiger partial charge in [-0.3, -0.25) is 4.79 Å². The molecular formula is C22H20N2O6S. The maximum atomic E-state index is 12.5. The number of aromatic hydroxyl groups is 1. The lowest BCUT2D eigenvalue weighted by atomic mass is 10.2. The molecule has 0 aliphatic heterocycles. The number of methoxy groups -OCH3 is 1. The van der Waals surface area contributed by atoms with Crippen molar-refractivity contribution in [1.82, 2.24) is 5.43 Å². The monoisotopic (exact) mass is 440 g/mol. The predicted molar refractivity (Wildman–Crippen MR) is 115 cm³/mol. The molecule has 3 rings (SSSR count). The van der Waals surface area contributed by atoms with Gasteiger partial charge in [-0.15, -0.1) is 0 Å². The molecule has 0 heterocycles. The first kappa shape index (κ1) is 21.8. The third kappa shape index (κ3) is 5.61. The molecule has 1 amide bonds. The van der Waals surface area contributed by atoms with E-state index >= 15 is 0 Å². The number of phenols is 1. The molecule has 3 aromatic carbocycles. The van der Waals surface area contributed by atoms with E-state index in [1.165, 1.54) is 61.9 Å². The molecule has 0 saturated heterocycles. The molecule has 0 aromatic heterocycles. The van der Waals surface area contributed by atoms with Crippen LogP contribution in [0.25, 0.3) is 0 Å².